The number of hydrogen-bond acceptors (Lipinski definition) is 3. The third kappa shape index (κ3) is 3.89. The summed E-state index contributed by atoms with van der Waals surface area (Å²) in [7, 11) is 0. The molecule has 1 heterocycles. The van der Waals surface area contributed by atoms with E-state index in [2.05, 4.69) is 10.3 Å². The third-order valence-corrected chi connectivity index (χ3v) is 3.42. The summed E-state index contributed by atoms with van der Waals surface area (Å²) in [4.78, 5) is 26.9. The molecular weight excluding hydrogens is 323 g/mol. The van der Waals surface area contributed by atoms with Gasteiger partial charge in [-0.15, -0.1) is 0 Å². The van der Waals surface area contributed by atoms with E-state index in [-0.39, 0.29) is 11.3 Å². The van der Waals surface area contributed by atoms with Gasteiger partial charge in [-0.1, -0.05) is 18.2 Å². The van der Waals surface area contributed by atoms with Crippen LogP contribution in [0.1, 0.15) is 34.5 Å². The van der Waals surface area contributed by atoms with Crippen molar-refractivity contribution in [2.75, 3.05) is 5.32 Å². The molecule has 0 aliphatic heterocycles. The summed E-state index contributed by atoms with van der Waals surface area (Å²) in [6.07, 6.45) is -3.53. The maximum atomic E-state index is 12.5. The first-order chi connectivity index (χ1) is 11.2. The number of hydrogen-bond donors (Lipinski definition) is 2. The van der Waals surface area contributed by atoms with Crippen molar-refractivity contribution < 1.29 is 22.8 Å². The fourth-order valence-electron chi connectivity index (χ4n) is 2.03. The number of primary amides is 1. The summed E-state index contributed by atoms with van der Waals surface area (Å²) in [5.41, 5.74) is 4.90. The van der Waals surface area contributed by atoms with Crippen molar-refractivity contribution in [3.05, 3.63) is 59.4 Å². The van der Waals surface area contributed by atoms with E-state index >= 15 is 0 Å². The Balaban J connectivity index is 2.17. The molecule has 126 valence electrons. The number of nitrogens with one attached hydrogen (secondary N) is 1. The van der Waals surface area contributed by atoms with Gasteiger partial charge in [-0.3, -0.25) is 14.6 Å². The Morgan fingerprint density at radius 1 is 1.17 bits per heavy atom. The first-order valence-electron chi connectivity index (χ1n) is 6.93. The van der Waals surface area contributed by atoms with Gasteiger partial charge in [0.2, 0.25) is 5.91 Å². The number of carbonyl (C=O) groups excluding carboxylic acids is 2. The van der Waals surface area contributed by atoms with E-state index in [0.717, 1.165) is 12.3 Å². The number of amides is 2. The number of carbonyl (C=O) groups is 2. The van der Waals surface area contributed by atoms with Gasteiger partial charge in [-0.05, 0) is 30.7 Å². The number of benzene rings is 1. The number of aromatic nitrogens is 1. The van der Waals surface area contributed by atoms with Crippen LogP contribution in [0.15, 0.2) is 42.6 Å². The summed E-state index contributed by atoms with van der Waals surface area (Å²) < 4.78 is 37.5. The van der Waals surface area contributed by atoms with Crippen LogP contribution in [-0.2, 0) is 11.0 Å². The highest BCUT2D eigenvalue weighted by Crippen LogP contribution is 2.28. The van der Waals surface area contributed by atoms with E-state index < -0.39 is 29.6 Å². The molecule has 1 atom stereocenters. The lowest BCUT2D eigenvalue weighted by Gasteiger charge is -2.14. The zero-order valence-electron chi connectivity index (χ0n) is 12.6. The largest absolute Gasteiger partial charge is 0.433 e. The zero-order chi connectivity index (χ0) is 17.9. The van der Waals surface area contributed by atoms with Crippen LogP contribution < -0.4 is 11.1 Å². The number of pyridine rings is 1. The van der Waals surface area contributed by atoms with Crippen LogP contribution in [0.4, 0.5) is 18.9 Å². The zero-order valence-corrected chi connectivity index (χ0v) is 12.6. The van der Waals surface area contributed by atoms with Crippen LogP contribution in [0, 0.1) is 0 Å². The minimum absolute atomic E-state index is 0.142. The minimum Gasteiger partial charge on any atom is -0.366 e. The highest BCUT2D eigenvalue weighted by atomic mass is 19.4. The SMILES string of the molecule is CC(C(=O)Nc1ccccc1C(N)=O)c1ccc(C(F)(F)F)nc1. The van der Waals surface area contributed by atoms with Gasteiger partial charge >= 0.3 is 6.18 Å². The molecule has 24 heavy (non-hydrogen) atoms. The molecule has 0 aliphatic rings. The molecule has 0 bridgehead atoms. The van der Waals surface area contributed by atoms with Crippen LogP contribution >= 0.6 is 0 Å². The van der Waals surface area contributed by atoms with Gasteiger partial charge in [0.25, 0.3) is 5.91 Å². The quantitative estimate of drug-likeness (QED) is 0.899. The van der Waals surface area contributed by atoms with Gasteiger partial charge in [0.15, 0.2) is 0 Å². The number of nitrogens with two attached hydrogens (primary N) is 1. The van der Waals surface area contributed by atoms with Gasteiger partial charge < -0.3 is 11.1 Å². The smallest absolute Gasteiger partial charge is 0.366 e. The first-order valence-corrected chi connectivity index (χ1v) is 6.93. The summed E-state index contributed by atoms with van der Waals surface area (Å²) in [6, 6.07) is 8.19. The lowest BCUT2D eigenvalue weighted by molar-refractivity contribution is -0.141. The van der Waals surface area contributed by atoms with E-state index in [1.165, 1.54) is 25.1 Å². The van der Waals surface area contributed by atoms with E-state index in [9.17, 15) is 22.8 Å². The van der Waals surface area contributed by atoms with Gasteiger partial charge in [0.1, 0.15) is 5.69 Å². The maximum Gasteiger partial charge on any atom is 0.433 e. The molecule has 0 spiro atoms. The first kappa shape index (κ1) is 17.5. The Hall–Kier alpha value is -2.90. The lowest BCUT2D eigenvalue weighted by atomic mass is 10.0. The van der Waals surface area contributed by atoms with E-state index in [1.807, 2.05) is 0 Å². The fourth-order valence-corrected chi connectivity index (χ4v) is 2.03. The second kappa shape index (κ2) is 6.69. The Bertz CT molecular complexity index is 758. The van der Waals surface area contributed by atoms with Crippen LogP contribution in [-0.4, -0.2) is 16.8 Å². The number of halogens is 3. The molecule has 3 N–H and O–H groups in total. The molecule has 8 heteroatoms. The average molecular weight is 337 g/mol. The van der Waals surface area contributed by atoms with Crippen molar-refractivity contribution in [2.24, 2.45) is 5.73 Å². The maximum absolute atomic E-state index is 12.5. The van der Waals surface area contributed by atoms with Crippen LogP contribution in [0.5, 0.6) is 0 Å². The minimum atomic E-state index is -4.54. The number of alkyl halides is 3. The molecule has 1 aromatic carbocycles. The predicted octanol–water partition coefficient (Wildman–Crippen LogP) is 2.94. The molecule has 1 unspecified atom stereocenters. The molecule has 0 aliphatic carbocycles. The molecule has 2 rings (SSSR count). The summed E-state index contributed by atoms with van der Waals surface area (Å²) in [5.74, 6) is -1.96. The lowest BCUT2D eigenvalue weighted by Crippen LogP contribution is -2.22. The van der Waals surface area contributed by atoms with Crippen molar-refractivity contribution in [3.8, 4) is 0 Å². The number of nitrogens with zero attached hydrogens (tertiary/aromatic N) is 1. The number of anilines is 1. The Morgan fingerprint density at radius 3 is 2.38 bits per heavy atom. The van der Waals surface area contributed by atoms with Gasteiger partial charge in [-0.25, -0.2) is 0 Å². The van der Waals surface area contributed by atoms with Crippen molar-refractivity contribution in [1.82, 2.24) is 4.98 Å². The van der Waals surface area contributed by atoms with Gasteiger partial charge in [0.05, 0.1) is 17.2 Å². The summed E-state index contributed by atoms with van der Waals surface area (Å²) in [6.45, 7) is 1.52. The van der Waals surface area contributed by atoms with Crippen LogP contribution in [0.2, 0.25) is 0 Å². The molecule has 0 radical (unpaired) electrons. The van der Waals surface area contributed by atoms with E-state index in [1.54, 1.807) is 12.1 Å². The topological polar surface area (TPSA) is 85.1 Å². The van der Waals surface area contributed by atoms with Gasteiger partial charge in [0, 0.05) is 6.20 Å². The molecule has 0 saturated heterocycles. The molecule has 0 saturated carbocycles. The molecule has 1 aromatic heterocycles. The summed E-state index contributed by atoms with van der Waals surface area (Å²) >= 11 is 0. The van der Waals surface area contributed by atoms with Crippen molar-refractivity contribution >= 4 is 17.5 Å². The van der Waals surface area contributed by atoms with Crippen molar-refractivity contribution in [1.29, 1.82) is 0 Å². The van der Waals surface area contributed by atoms with Gasteiger partial charge in [-0.2, -0.15) is 13.2 Å². The van der Waals surface area contributed by atoms with Crippen molar-refractivity contribution in [2.45, 2.75) is 19.0 Å². The third-order valence-electron chi connectivity index (χ3n) is 3.42. The van der Waals surface area contributed by atoms with E-state index in [0.29, 0.717) is 5.56 Å². The highest BCUT2D eigenvalue weighted by molar-refractivity contribution is 6.04. The number of rotatable bonds is 4. The Morgan fingerprint density at radius 2 is 1.83 bits per heavy atom. The average Bonchev–Trinajstić information content (AvgIpc) is 2.53. The van der Waals surface area contributed by atoms with Crippen molar-refractivity contribution in [3.63, 3.8) is 0 Å². The molecule has 2 amide bonds. The molecule has 0 fully saturated rings. The fraction of sp³-hybridized carbons (Fsp3) is 0.188. The number of para-hydroxylation sites is 1. The second-order valence-electron chi connectivity index (χ2n) is 5.10. The highest BCUT2D eigenvalue weighted by Gasteiger charge is 2.32. The normalized spacial score (nSPS) is 12.5. The van der Waals surface area contributed by atoms with Crippen LogP contribution in [0.3, 0.4) is 0 Å². The van der Waals surface area contributed by atoms with Crippen LogP contribution in [0.25, 0.3) is 0 Å². The standard InChI is InChI=1S/C16H14F3N3O2/c1-9(10-6-7-13(21-8-10)16(17,18)19)15(24)22-12-5-3-2-4-11(12)14(20)23/h2-9H,1H3,(H2,20,23)(H,22,24). The molecule has 2 aromatic rings. The predicted molar refractivity (Wildman–Crippen MR) is 81.2 cm³/mol. The molecular formula is C16H14F3N3O2. The Labute approximate surface area is 135 Å². The van der Waals surface area contributed by atoms with E-state index in [4.69, 9.17) is 5.73 Å². The molecule has 5 nitrogen and oxygen atoms in total. The summed E-state index contributed by atoms with van der Waals surface area (Å²) in [5, 5.41) is 2.55. The second-order valence-corrected chi connectivity index (χ2v) is 5.10. The monoisotopic (exact) mass is 337 g/mol. The Kier molecular flexibility index (Phi) is 4.87.